The van der Waals surface area contributed by atoms with Gasteiger partial charge in [0.1, 0.15) is 5.76 Å². The summed E-state index contributed by atoms with van der Waals surface area (Å²) in [5, 5.41) is 3.00. The van der Waals surface area contributed by atoms with Crippen molar-refractivity contribution in [3.05, 3.63) is 54.0 Å². The average Bonchev–Trinajstić information content (AvgIpc) is 3.49. The number of benzene rings is 1. The Morgan fingerprint density at radius 3 is 2.27 bits per heavy atom. The van der Waals surface area contributed by atoms with Gasteiger partial charge in [-0.2, -0.15) is 4.31 Å². The van der Waals surface area contributed by atoms with Gasteiger partial charge in [0.2, 0.25) is 10.0 Å². The van der Waals surface area contributed by atoms with Crippen LogP contribution >= 0.6 is 0 Å². The fourth-order valence-corrected chi connectivity index (χ4v) is 5.78. The maximum Gasteiger partial charge on any atom is 0.251 e. The summed E-state index contributed by atoms with van der Waals surface area (Å²) >= 11 is 0. The van der Waals surface area contributed by atoms with Gasteiger partial charge >= 0.3 is 0 Å². The molecule has 2 aliphatic rings. The highest BCUT2D eigenvalue weighted by Gasteiger charge is 2.28. The summed E-state index contributed by atoms with van der Waals surface area (Å²) in [6.45, 7) is 3.55. The Labute approximate surface area is 178 Å². The number of amides is 1. The molecule has 30 heavy (non-hydrogen) atoms. The van der Waals surface area contributed by atoms with E-state index in [0.717, 1.165) is 44.5 Å². The predicted molar refractivity (Wildman–Crippen MR) is 114 cm³/mol. The molecule has 2 aromatic rings. The molecule has 1 aromatic carbocycles. The van der Waals surface area contributed by atoms with E-state index in [1.165, 1.54) is 22.9 Å². The van der Waals surface area contributed by atoms with Crippen molar-refractivity contribution in [1.82, 2.24) is 14.5 Å². The SMILES string of the molecule is O=C(NCC(c1ccco1)N1CCCCC1)c1ccc(S(=O)(=O)N2CCCC2)cc1. The van der Waals surface area contributed by atoms with Gasteiger partial charge in [-0.05, 0) is 75.2 Å². The number of sulfonamides is 1. The van der Waals surface area contributed by atoms with Gasteiger partial charge < -0.3 is 9.73 Å². The van der Waals surface area contributed by atoms with Crippen molar-refractivity contribution in [2.24, 2.45) is 0 Å². The van der Waals surface area contributed by atoms with Gasteiger partial charge in [0.15, 0.2) is 0 Å². The molecule has 1 unspecified atom stereocenters. The highest BCUT2D eigenvalue weighted by atomic mass is 32.2. The van der Waals surface area contributed by atoms with Crippen LogP contribution in [0.1, 0.15) is 54.3 Å². The highest BCUT2D eigenvalue weighted by molar-refractivity contribution is 7.89. The third kappa shape index (κ3) is 4.61. The van der Waals surface area contributed by atoms with Crippen LogP contribution in [-0.4, -0.2) is 56.3 Å². The lowest BCUT2D eigenvalue weighted by Gasteiger charge is -2.33. The minimum absolute atomic E-state index is 0.000863. The Morgan fingerprint density at radius 1 is 0.967 bits per heavy atom. The van der Waals surface area contributed by atoms with Crippen molar-refractivity contribution < 1.29 is 17.6 Å². The molecule has 1 amide bonds. The third-order valence-corrected chi connectivity index (χ3v) is 7.89. The summed E-state index contributed by atoms with van der Waals surface area (Å²) in [7, 11) is -3.47. The van der Waals surface area contributed by atoms with Crippen LogP contribution in [0.5, 0.6) is 0 Å². The molecule has 162 valence electrons. The van der Waals surface area contributed by atoms with E-state index in [9.17, 15) is 13.2 Å². The van der Waals surface area contributed by atoms with Gasteiger partial charge in [-0.15, -0.1) is 0 Å². The van der Waals surface area contributed by atoms with Crippen molar-refractivity contribution in [3.63, 3.8) is 0 Å². The first-order valence-electron chi connectivity index (χ1n) is 10.7. The van der Waals surface area contributed by atoms with E-state index in [0.29, 0.717) is 25.2 Å². The first kappa shape index (κ1) is 21.1. The minimum atomic E-state index is -3.47. The molecule has 1 atom stereocenters. The van der Waals surface area contributed by atoms with Gasteiger partial charge in [-0.25, -0.2) is 8.42 Å². The van der Waals surface area contributed by atoms with Gasteiger partial charge in [0.05, 0.1) is 17.2 Å². The smallest absolute Gasteiger partial charge is 0.251 e. The zero-order valence-corrected chi connectivity index (χ0v) is 17.9. The molecule has 0 saturated carbocycles. The van der Waals surface area contributed by atoms with Gasteiger partial charge in [0.25, 0.3) is 5.91 Å². The molecule has 0 bridgehead atoms. The summed E-state index contributed by atoms with van der Waals surface area (Å²) in [5.41, 5.74) is 0.451. The molecule has 0 aliphatic carbocycles. The number of carbonyl (C=O) groups is 1. The molecule has 3 heterocycles. The number of furan rings is 1. The number of rotatable bonds is 7. The minimum Gasteiger partial charge on any atom is -0.468 e. The Bertz CT molecular complexity index is 929. The summed E-state index contributed by atoms with van der Waals surface area (Å²) < 4.78 is 32.4. The fourth-order valence-electron chi connectivity index (χ4n) is 4.27. The number of hydrogen-bond acceptors (Lipinski definition) is 5. The van der Waals surface area contributed by atoms with E-state index in [4.69, 9.17) is 4.42 Å². The Balaban J connectivity index is 1.41. The number of nitrogens with zero attached hydrogens (tertiary/aromatic N) is 2. The van der Waals surface area contributed by atoms with Crippen molar-refractivity contribution >= 4 is 15.9 Å². The van der Waals surface area contributed by atoms with E-state index in [-0.39, 0.29) is 16.8 Å². The van der Waals surface area contributed by atoms with Crippen LogP contribution in [-0.2, 0) is 10.0 Å². The molecule has 2 saturated heterocycles. The number of hydrogen-bond donors (Lipinski definition) is 1. The van der Waals surface area contributed by atoms with Gasteiger partial charge in [-0.3, -0.25) is 9.69 Å². The van der Waals surface area contributed by atoms with Crippen LogP contribution in [0.4, 0.5) is 0 Å². The van der Waals surface area contributed by atoms with Gasteiger partial charge in [0, 0.05) is 25.2 Å². The molecular formula is C22H29N3O4S. The summed E-state index contributed by atoms with van der Waals surface area (Å²) in [6, 6.07) is 10.0. The molecule has 1 aromatic heterocycles. The van der Waals surface area contributed by atoms with E-state index < -0.39 is 10.0 Å². The Hall–Kier alpha value is -2.16. The average molecular weight is 432 g/mol. The third-order valence-electron chi connectivity index (χ3n) is 5.98. The summed E-state index contributed by atoms with van der Waals surface area (Å²) in [5.74, 6) is 0.637. The first-order valence-corrected chi connectivity index (χ1v) is 12.2. The van der Waals surface area contributed by atoms with Crippen LogP contribution in [0.3, 0.4) is 0 Å². The summed E-state index contributed by atoms with van der Waals surface area (Å²) in [6.07, 6.45) is 6.99. The Morgan fingerprint density at radius 2 is 1.63 bits per heavy atom. The monoisotopic (exact) mass is 431 g/mol. The lowest BCUT2D eigenvalue weighted by Crippen LogP contribution is -2.40. The van der Waals surface area contributed by atoms with E-state index >= 15 is 0 Å². The molecule has 2 fully saturated rings. The number of likely N-dealkylation sites (tertiary alicyclic amines) is 1. The molecule has 0 spiro atoms. The molecule has 2 aliphatic heterocycles. The topological polar surface area (TPSA) is 82.9 Å². The number of nitrogens with one attached hydrogen (secondary N) is 1. The van der Waals surface area contributed by atoms with Crippen LogP contribution < -0.4 is 5.32 Å². The van der Waals surface area contributed by atoms with Crippen molar-refractivity contribution in [2.75, 3.05) is 32.7 Å². The van der Waals surface area contributed by atoms with E-state index in [1.807, 2.05) is 12.1 Å². The zero-order chi connectivity index (χ0) is 21.0. The molecular weight excluding hydrogens is 402 g/mol. The van der Waals surface area contributed by atoms with E-state index in [2.05, 4.69) is 10.2 Å². The maximum absolute atomic E-state index is 12.7. The van der Waals surface area contributed by atoms with Crippen molar-refractivity contribution in [3.8, 4) is 0 Å². The molecule has 4 rings (SSSR count). The zero-order valence-electron chi connectivity index (χ0n) is 17.1. The van der Waals surface area contributed by atoms with Gasteiger partial charge in [-0.1, -0.05) is 6.42 Å². The first-order chi connectivity index (χ1) is 14.6. The standard InChI is InChI=1S/C22H29N3O4S/c26-22(18-8-10-19(11-9-18)30(27,28)25-14-4-5-15-25)23-17-20(21-7-6-16-29-21)24-12-2-1-3-13-24/h6-11,16,20H,1-5,12-15,17H2,(H,23,26). The van der Waals surface area contributed by atoms with E-state index in [1.54, 1.807) is 18.4 Å². The second-order valence-corrected chi connectivity index (χ2v) is 9.91. The summed E-state index contributed by atoms with van der Waals surface area (Å²) in [4.78, 5) is 15.3. The quantitative estimate of drug-likeness (QED) is 0.729. The van der Waals surface area contributed by atoms with Crippen molar-refractivity contribution in [2.45, 2.75) is 43.0 Å². The predicted octanol–water partition coefficient (Wildman–Crippen LogP) is 3.02. The second-order valence-electron chi connectivity index (χ2n) is 7.97. The molecule has 1 N–H and O–H groups in total. The molecule has 8 heteroatoms. The Kier molecular flexibility index (Phi) is 6.55. The van der Waals surface area contributed by atoms with Crippen LogP contribution in [0.2, 0.25) is 0 Å². The largest absolute Gasteiger partial charge is 0.468 e. The molecule has 0 radical (unpaired) electrons. The van der Waals surface area contributed by atoms with Crippen LogP contribution in [0, 0.1) is 0 Å². The second kappa shape index (κ2) is 9.32. The molecule has 7 nitrogen and oxygen atoms in total. The number of carbonyl (C=O) groups excluding carboxylic acids is 1. The maximum atomic E-state index is 12.7. The fraction of sp³-hybridized carbons (Fsp3) is 0.500. The number of piperidine rings is 1. The van der Waals surface area contributed by atoms with Crippen LogP contribution in [0.15, 0.2) is 52.0 Å². The van der Waals surface area contributed by atoms with Crippen LogP contribution in [0.25, 0.3) is 0 Å². The lowest BCUT2D eigenvalue weighted by molar-refractivity contribution is 0.0914. The highest BCUT2D eigenvalue weighted by Crippen LogP contribution is 2.25. The normalized spacial score (nSPS) is 19.6. The van der Waals surface area contributed by atoms with Crippen molar-refractivity contribution in [1.29, 1.82) is 0 Å². The lowest BCUT2D eigenvalue weighted by atomic mass is 10.1.